The lowest BCUT2D eigenvalue weighted by molar-refractivity contribution is 0.0937. The minimum Gasteiger partial charge on any atom is -0.349 e. The van der Waals surface area contributed by atoms with E-state index in [0.29, 0.717) is 16.5 Å². The number of benzene rings is 1. The van der Waals surface area contributed by atoms with Crippen LogP contribution in [0.25, 0.3) is 0 Å². The summed E-state index contributed by atoms with van der Waals surface area (Å²) in [5, 5.41) is 6.78. The molecule has 6 heteroatoms. The molecule has 0 radical (unpaired) electrons. The fraction of sp³-hybridized carbons (Fsp3) is 0.353. The molecule has 0 atom stereocenters. The number of anilines is 2. The fourth-order valence-corrected chi connectivity index (χ4v) is 2.83. The van der Waals surface area contributed by atoms with Crippen molar-refractivity contribution in [1.82, 2.24) is 15.3 Å². The van der Waals surface area contributed by atoms with Crippen LogP contribution in [0.4, 0.5) is 11.6 Å². The summed E-state index contributed by atoms with van der Waals surface area (Å²) < 4.78 is 0. The molecular weight excluding hydrogens is 312 g/mol. The Bertz CT molecular complexity index is 696. The van der Waals surface area contributed by atoms with Gasteiger partial charge in [-0.2, -0.15) is 0 Å². The number of amides is 1. The average Bonchev–Trinajstić information content (AvgIpc) is 3.04. The number of nitrogens with one attached hydrogen (secondary N) is 2. The van der Waals surface area contributed by atoms with Gasteiger partial charge in [0, 0.05) is 29.1 Å². The number of carbonyl (C=O) groups is 1. The van der Waals surface area contributed by atoms with E-state index in [-0.39, 0.29) is 11.9 Å². The second-order valence-electron chi connectivity index (χ2n) is 5.84. The van der Waals surface area contributed by atoms with Crippen LogP contribution < -0.4 is 10.6 Å². The lowest BCUT2D eigenvalue weighted by Crippen LogP contribution is -2.32. The van der Waals surface area contributed by atoms with E-state index in [0.717, 1.165) is 24.1 Å². The molecule has 120 valence electrons. The number of aromatic nitrogens is 2. The lowest BCUT2D eigenvalue weighted by Gasteiger charge is -2.11. The Balaban J connectivity index is 1.64. The highest BCUT2D eigenvalue weighted by atomic mass is 35.5. The van der Waals surface area contributed by atoms with Gasteiger partial charge in [-0.3, -0.25) is 4.79 Å². The first kappa shape index (κ1) is 15.7. The van der Waals surface area contributed by atoms with Crippen LogP contribution in [0.5, 0.6) is 0 Å². The van der Waals surface area contributed by atoms with Gasteiger partial charge in [-0.15, -0.1) is 0 Å². The van der Waals surface area contributed by atoms with Gasteiger partial charge in [-0.25, -0.2) is 9.97 Å². The van der Waals surface area contributed by atoms with Gasteiger partial charge in [0.15, 0.2) is 0 Å². The number of hydrogen-bond acceptors (Lipinski definition) is 4. The summed E-state index contributed by atoms with van der Waals surface area (Å²) in [7, 11) is 0. The summed E-state index contributed by atoms with van der Waals surface area (Å²) in [4.78, 5) is 20.5. The number of aryl methyl sites for hydroxylation is 1. The zero-order chi connectivity index (χ0) is 16.2. The highest BCUT2D eigenvalue weighted by Crippen LogP contribution is 2.22. The maximum Gasteiger partial charge on any atom is 0.254 e. The lowest BCUT2D eigenvalue weighted by atomic mass is 10.2. The molecule has 1 aromatic heterocycles. The van der Waals surface area contributed by atoms with Crippen LogP contribution in [0.2, 0.25) is 5.02 Å². The third kappa shape index (κ3) is 3.99. The number of carbonyl (C=O) groups excluding carboxylic acids is 1. The Morgan fingerprint density at radius 2 is 1.91 bits per heavy atom. The van der Waals surface area contributed by atoms with Gasteiger partial charge in [0.2, 0.25) is 5.95 Å². The Morgan fingerprint density at radius 3 is 2.57 bits per heavy atom. The van der Waals surface area contributed by atoms with E-state index in [1.807, 2.05) is 25.1 Å². The molecule has 1 aromatic carbocycles. The van der Waals surface area contributed by atoms with Crippen molar-refractivity contribution in [2.75, 3.05) is 5.32 Å². The molecular formula is C17H19ClN4O. The van der Waals surface area contributed by atoms with Crippen molar-refractivity contribution in [3.8, 4) is 0 Å². The van der Waals surface area contributed by atoms with Gasteiger partial charge in [0.25, 0.3) is 5.91 Å². The first-order valence-electron chi connectivity index (χ1n) is 7.78. The summed E-state index contributed by atoms with van der Waals surface area (Å²) in [6.45, 7) is 1.94. The minimum absolute atomic E-state index is 0.109. The van der Waals surface area contributed by atoms with E-state index < -0.39 is 0 Å². The highest BCUT2D eigenvalue weighted by Gasteiger charge is 2.18. The zero-order valence-electron chi connectivity index (χ0n) is 13.0. The molecule has 0 bridgehead atoms. The summed E-state index contributed by atoms with van der Waals surface area (Å²) >= 11 is 6.09. The van der Waals surface area contributed by atoms with E-state index >= 15 is 0 Å². The molecule has 3 rings (SSSR count). The Kier molecular flexibility index (Phi) is 4.76. The second-order valence-corrected chi connectivity index (χ2v) is 6.25. The van der Waals surface area contributed by atoms with Crippen molar-refractivity contribution < 1.29 is 4.79 Å². The highest BCUT2D eigenvalue weighted by molar-refractivity contribution is 6.31. The summed E-state index contributed by atoms with van der Waals surface area (Å²) in [6, 6.07) is 5.94. The maximum atomic E-state index is 12.1. The number of hydrogen-bond donors (Lipinski definition) is 2. The van der Waals surface area contributed by atoms with Crippen LogP contribution in [0.3, 0.4) is 0 Å². The van der Waals surface area contributed by atoms with Crippen molar-refractivity contribution in [3.05, 3.63) is 46.7 Å². The fourth-order valence-electron chi connectivity index (χ4n) is 2.65. The average molecular weight is 331 g/mol. The van der Waals surface area contributed by atoms with Crippen LogP contribution >= 0.6 is 11.6 Å². The van der Waals surface area contributed by atoms with Gasteiger partial charge >= 0.3 is 0 Å². The van der Waals surface area contributed by atoms with Crippen molar-refractivity contribution in [1.29, 1.82) is 0 Å². The van der Waals surface area contributed by atoms with Crippen LogP contribution in [-0.4, -0.2) is 21.9 Å². The Morgan fingerprint density at radius 1 is 1.22 bits per heavy atom. The standard InChI is InChI=1S/C17H19ClN4O/c1-11-6-7-14(8-15(11)18)22-17-19-9-12(10-20-17)16(23)21-13-4-2-3-5-13/h6-10,13H,2-5H2,1H3,(H,21,23)(H,19,20,22). The molecule has 1 amide bonds. The third-order valence-electron chi connectivity index (χ3n) is 4.03. The molecule has 0 unspecified atom stereocenters. The number of halogens is 1. The monoisotopic (exact) mass is 330 g/mol. The molecule has 23 heavy (non-hydrogen) atoms. The Hall–Kier alpha value is -2.14. The predicted octanol–water partition coefficient (Wildman–Crippen LogP) is 3.85. The minimum atomic E-state index is -0.109. The van der Waals surface area contributed by atoms with Gasteiger partial charge in [0.05, 0.1) is 5.56 Å². The largest absolute Gasteiger partial charge is 0.349 e. The third-order valence-corrected chi connectivity index (χ3v) is 4.44. The molecule has 1 saturated carbocycles. The van der Waals surface area contributed by atoms with E-state index in [1.165, 1.54) is 25.2 Å². The first-order valence-corrected chi connectivity index (χ1v) is 8.16. The molecule has 1 fully saturated rings. The molecule has 0 saturated heterocycles. The van der Waals surface area contributed by atoms with E-state index in [2.05, 4.69) is 20.6 Å². The van der Waals surface area contributed by atoms with Crippen molar-refractivity contribution in [2.45, 2.75) is 38.6 Å². The van der Waals surface area contributed by atoms with E-state index in [4.69, 9.17) is 11.6 Å². The van der Waals surface area contributed by atoms with Crippen LogP contribution in [0.1, 0.15) is 41.6 Å². The van der Waals surface area contributed by atoms with E-state index in [9.17, 15) is 4.79 Å². The molecule has 2 aromatic rings. The topological polar surface area (TPSA) is 66.9 Å². The van der Waals surface area contributed by atoms with Crippen molar-refractivity contribution in [2.24, 2.45) is 0 Å². The molecule has 2 N–H and O–H groups in total. The number of rotatable bonds is 4. The summed E-state index contributed by atoms with van der Waals surface area (Å²) in [6.07, 6.45) is 7.55. The van der Waals surface area contributed by atoms with Gasteiger partial charge in [0.1, 0.15) is 0 Å². The molecule has 5 nitrogen and oxygen atoms in total. The normalized spacial score (nSPS) is 14.7. The molecule has 0 aliphatic heterocycles. The molecule has 1 aliphatic rings. The maximum absolute atomic E-state index is 12.1. The molecule has 0 spiro atoms. The van der Waals surface area contributed by atoms with Crippen LogP contribution in [-0.2, 0) is 0 Å². The van der Waals surface area contributed by atoms with Gasteiger partial charge in [-0.1, -0.05) is 30.5 Å². The molecule has 1 heterocycles. The van der Waals surface area contributed by atoms with Crippen LogP contribution in [0, 0.1) is 6.92 Å². The van der Waals surface area contributed by atoms with Crippen molar-refractivity contribution in [3.63, 3.8) is 0 Å². The van der Waals surface area contributed by atoms with Crippen LogP contribution in [0.15, 0.2) is 30.6 Å². The zero-order valence-corrected chi connectivity index (χ0v) is 13.7. The number of nitrogens with zero attached hydrogens (tertiary/aromatic N) is 2. The van der Waals surface area contributed by atoms with Gasteiger partial charge < -0.3 is 10.6 Å². The Labute approximate surface area is 140 Å². The SMILES string of the molecule is Cc1ccc(Nc2ncc(C(=O)NC3CCCC3)cn2)cc1Cl. The summed E-state index contributed by atoms with van der Waals surface area (Å²) in [5.74, 6) is 0.323. The van der Waals surface area contributed by atoms with E-state index in [1.54, 1.807) is 0 Å². The summed E-state index contributed by atoms with van der Waals surface area (Å²) in [5.41, 5.74) is 2.30. The quantitative estimate of drug-likeness (QED) is 0.893. The molecule has 1 aliphatic carbocycles. The first-order chi connectivity index (χ1) is 11.1. The van der Waals surface area contributed by atoms with Crippen molar-refractivity contribution >= 4 is 29.1 Å². The second kappa shape index (κ2) is 6.96. The van der Waals surface area contributed by atoms with Gasteiger partial charge in [-0.05, 0) is 37.5 Å². The smallest absolute Gasteiger partial charge is 0.254 e. The predicted molar refractivity (Wildman–Crippen MR) is 91.2 cm³/mol.